The summed E-state index contributed by atoms with van der Waals surface area (Å²) in [6.45, 7) is 0. The van der Waals surface area contributed by atoms with Gasteiger partial charge in [-0.3, -0.25) is 4.79 Å². The molecule has 2 unspecified atom stereocenters. The van der Waals surface area contributed by atoms with E-state index in [0.29, 0.717) is 12.3 Å². The standard InChI is InChI=1S/C11H16N2O2S.ClH/c1-15-11(14)8(12)5-7-3-2-4-9-10(7)13-6-16-9;/h6-8H,2-5,12H2,1H3;1H. The summed E-state index contributed by atoms with van der Waals surface area (Å²) >= 11 is 1.70. The maximum absolute atomic E-state index is 11.3. The Morgan fingerprint density at radius 3 is 3.24 bits per heavy atom. The van der Waals surface area contributed by atoms with Gasteiger partial charge in [0.05, 0.1) is 18.3 Å². The number of methoxy groups -OCH3 is 1. The van der Waals surface area contributed by atoms with E-state index in [1.807, 2.05) is 5.51 Å². The van der Waals surface area contributed by atoms with E-state index < -0.39 is 6.04 Å². The fourth-order valence-electron chi connectivity index (χ4n) is 2.23. The molecule has 0 spiro atoms. The van der Waals surface area contributed by atoms with Crippen molar-refractivity contribution >= 4 is 29.7 Å². The number of ether oxygens (including phenoxy) is 1. The van der Waals surface area contributed by atoms with E-state index >= 15 is 0 Å². The molecule has 0 aliphatic heterocycles. The summed E-state index contributed by atoms with van der Waals surface area (Å²) in [6, 6.07) is -0.525. The molecular formula is C11H17ClN2O2S. The number of aryl methyl sites for hydroxylation is 1. The lowest BCUT2D eigenvalue weighted by molar-refractivity contribution is -0.142. The van der Waals surface area contributed by atoms with Gasteiger partial charge in [0.25, 0.3) is 0 Å². The molecular weight excluding hydrogens is 260 g/mol. The van der Waals surface area contributed by atoms with Gasteiger partial charge < -0.3 is 10.5 Å². The number of hydrogen-bond acceptors (Lipinski definition) is 5. The van der Waals surface area contributed by atoms with Crippen LogP contribution in [-0.4, -0.2) is 24.1 Å². The molecule has 1 aromatic heterocycles. The molecule has 6 heteroatoms. The number of carbonyl (C=O) groups excluding carboxylic acids is 1. The molecule has 2 atom stereocenters. The van der Waals surface area contributed by atoms with Crippen LogP contribution in [0, 0.1) is 0 Å². The van der Waals surface area contributed by atoms with Gasteiger partial charge in [-0.15, -0.1) is 23.7 Å². The molecule has 1 aromatic rings. The Bertz CT molecular complexity index is 383. The zero-order valence-corrected chi connectivity index (χ0v) is 11.4. The van der Waals surface area contributed by atoms with Gasteiger partial charge in [0, 0.05) is 10.8 Å². The first-order valence-corrected chi connectivity index (χ1v) is 6.36. The summed E-state index contributed by atoms with van der Waals surface area (Å²) in [5.41, 5.74) is 8.82. The van der Waals surface area contributed by atoms with Crippen LogP contribution in [0.4, 0.5) is 0 Å². The zero-order valence-electron chi connectivity index (χ0n) is 9.72. The smallest absolute Gasteiger partial charge is 0.322 e. The van der Waals surface area contributed by atoms with Crippen molar-refractivity contribution in [1.29, 1.82) is 0 Å². The summed E-state index contributed by atoms with van der Waals surface area (Å²) in [4.78, 5) is 17.0. The molecule has 4 nitrogen and oxygen atoms in total. The number of aromatic nitrogens is 1. The van der Waals surface area contributed by atoms with Crippen LogP contribution in [0.15, 0.2) is 5.51 Å². The van der Waals surface area contributed by atoms with E-state index in [9.17, 15) is 4.79 Å². The van der Waals surface area contributed by atoms with Crippen molar-refractivity contribution in [3.05, 3.63) is 16.1 Å². The number of halogens is 1. The Balaban J connectivity index is 0.00000144. The molecule has 1 heterocycles. The van der Waals surface area contributed by atoms with Gasteiger partial charge in [-0.2, -0.15) is 0 Å². The van der Waals surface area contributed by atoms with Crippen molar-refractivity contribution in [2.75, 3.05) is 7.11 Å². The normalized spacial score (nSPS) is 20.0. The number of nitrogens with two attached hydrogens (primary N) is 1. The first-order chi connectivity index (χ1) is 7.72. The average molecular weight is 277 g/mol. The average Bonchev–Trinajstić information content (AvgIpc) is 2.77. The second kappa shape index (κ2) is 6.33. The maximum Gasteiger partial charge on any atom is 0.322 e. The first-order valence-electron chi connectivity index (χ1n) is 5.48. The van der Waals surface area contributed by atoms with Crippen molar-refractivity contribution < 1.29 is 9.53 Å². The Morgan fingerprint density at radius 2 is 2.53 bits per heavy atom. The molecule has 0 amide bonds. The second-order valence-corrected chi connectivity index (χ2v) is 5.05. The van der Waals surface area contributed by atoms with E-state index in [1.54, 1.807) is 11.3 Å². The second-order valence-electron chi connectivity index (χ2n) is 4.12. The number of hydrogen-bond donors (Lipinski definition) is 1. The summed E-state index contributed by atoms with van der Waals surface area (Å²) in [5.74, 6) is -0.00791. The summed E-state index contributed by atoms with van der Waals surface area (Å²) in [7, 11) is 1.37. The predicted octanol–water partition coefficient (Wildman–Crippen LogP) is 1.88. The SMILES string of the molecule is COC(=O)C(N)CC1CCCc2scnc21.Cl. The minimum Gasteiger partial charge on any atom is -0.468 e. The molecule has 1 aliphatic carbocycles. The van der Waals surface area contributed by atoms with Gasteiger partial charge in [0.1, 0.15) is 6.04 Å². The predicted molar refractivity (Wildman–Crippen MR) is 69.6 cm³/mol. The van der Waals surface area contributed by atoms with Crippen LogP contribution >= 0.6 is 23.7 Å². The summed E-state index contributed by atoms with van der Waals surface area (Å²) in [5, 5.41) is 0. The molecule has 0 bridgehead atoms. The maximum atomic E-state index is 11.3. The highest BCUT2D eigenvalue weighted by Gasteiger charge is 2.27. The van der Waals surface area contributed by atoms with Crippen molar-refractivity contribution in [3.63, 3.8) is 0 Å². The number of fused-ring (bicyclic) bond motifs is 1. The van der Waals surface area contributed by atoms with Gasteiger partial charge in [-0.05, 0) is 25.7 Å². The summed E-state index contributed by atoms with van der Waals surface area (Å²) < 4.78 is 4.64. The Hall–Kier alpha value is -0.650. The van der Waals surface area contributed by atoms with Gasteiger partial charge in [-0.1, -0.05) is 0 Å². The molecule has 1 aliphatic rings. The van der Waals surface area contributed by atoms with Crippen molar-refractivity contribution in [2.45, 2.75) is 37.6 Å². The molecule has 0 fully saturated rings. The van der Waals surface area contributed by atoms with Crippen LogP contribution in [0.3, 0.4) is 0 Å². The highest BCUT2D eigenvalue weighted by atomic mass is 35.5. The molecule has 0 saturated carbocycles. The fourth-order valence-corrected chi connectivity index (χ4v) is 3.12. The molecule has 96 valence electrons. The molecule has 0 aromatic carbocycles. The van der Waals surface area contributed by atoms with Gasteiger partial charge in [0.2, 0.25) is 0 Å². The number of esters is 1. The monoisotopic (exact) mass is 276 g/mol. The van der Waals surface area contributed by atoms with Crippen molar-refractivity contribution in [2.24, 2.45) is 5.73 Å². The van der Waals surface area contributed by atoms with Gasteiger partial charge in [0.15, 0.2) is 0 Å². The van der Waals surface area contributed by atoms with Crippen LogP contribution < -0.4 is 5.73 Å². The van der Waals surface area contributed by atoms with E-state index in [-0.39, 0.29) is 18.4 Å². The fraction of sp³-hybridized carbons (Fsp3) is 0.636. The molecule has 0 saturated heterocycles. The quantitative estimate of drug-likeness (QED) is 0.856. The topological polar surface area (TPSA) is 65.2 Å². The van der Waals surface area contributed by atoms with Gasteiger partial charge >= 0.3 is 5.97 Å². The minimum absolute atomic E-state index is 0. The van der Waals surface area contributed by atoms with E-state index in [1.165, 1.54) is 12.0 Å². The van der Waals surface area contributed by atoms with Crippen molar-refractivity contribution in [1.82, 2.24) is 4.98 Å². The largest absolute Gasteiger partial charge is 0.468 e. The van der Waals surface area contributed by atoms with E-state index in [4.69, 9.17) is 5.73 Å². The van der Waals surface area contributed by atoms with Crippen LogP contribution in [0.5, 0.6) is 0 Å². The lowest BCUT2D eigenvalue weighted by atomic mass is 9.86. The van der Waals surface area contributed by atoms with Crippen LogP contribution in [0.2, 0.25) is 0 Å². The van der Waals surface area contributed by atoms with Crippen LogP contribution in [0.25, 0.3) is 0 Å². The molecule has 2 rings (SSSR count). The lowest BCUT2D eigenvalue weighted by Gasteiger charge is -2.23. The number of nitrogens with zero attached hydrogens (tertiary/aromatic N) is 1. The number of carbonyl (C=O) groups is 1. The van der Waals surface area contributed by atoms with E-state index in [2.05, 4.69) is 9.72 Å². The molecule has 17 heavy (non-hydrogen) atoms. The number of rotatable bonds is 3. The highest BCUT2D eigenvalue weighted by molar-refractivity contribution is 7.09. The number of thiazole rings is 1. The van der Waals surface area contributed by atoms with Crippen molar-refractivity contribution in [3.8, 4) is 0 Å². The van der Waals surface area contributed by atoms with E-state index in [0.717, 1.165) is 25.0 Å². The third-order valence-corrected chi connectivity index (χ3v) is 3.97. The Morgan fingerprint density at radius 1 is 1.76 bits per heavy atom. The lowest BCUT2D eigenvalue weighted by Crippen LogP contribution is -2.33. The molecule has 0 radical (unpaired) electrons. The van der Waals surface area contributed by atoms with Crippen LogP contribution in [-0.2, 0) is 16.0 Å². The third kappa shape index (κ3) is 3.18. The highest BCUT2D eigenvalue weighted by Crippen LogP contribution is 2.35. The van der Waals surface area contributed by atoms with Gasteiger partial charge in [-0.25, -0.2) is 4.98 Å². The van der Waals surface area contributed by atoms with Crippen LogP contribution in [0.1, 0.15) is 35.8 Å². The molecule has 2 N–H and O–H groups in total. The zero-order chi connectivity index (χ0) is 11.5. The third-order valence-electron chi connectivity index (χ3n) is 3.06. The Labute approximate surface area is 111 Å². The Kier molecular flexibility index (Phi) is 5.36. The first kappa shape index (κ1) is 14.4. The summed E-state index contributed by atoms with van der Waals surface area (Å²) in [6.07, 6.45) is 3.99. The minimum atomic E-state index is -0.525.